The van der Waals surface area contributed by atoms with E-state index in [1.165, 1.54) is 6.42 Å². The molecule has 0 N–H and O–H groups in total. The predicted molar refractivity (Wildman–Crippen MR) is 65.3 cm³/mol. The summed E-state index contributed by atoms with van der Waals surface area (Å²) in [7, 11) is 1.82. The minimum Gasteiger partial charge on any atom is -0.336 e. The zero-order chi connectivity index (χ0) is 11.7. The SMILES string of the molecule is CC1CCCCN1C(=O)c1cnn(C)c1Br. The van der Waals surface area contributed by atoms with Crippen molar-refractivity contribution in [2.45, 2.75) is 32.2 Å². The molecule has 0 spiro atoms. The molecule has 1 saturated heterocycles. The second-order valence-electron chi connectivity index (χ2n) is 4.32. The standard InChI is InChI=1S/C11H16BrN3O/c1-8-5-3-4-6-15(8)11(16)9-7-13-14(2)10(9)12/h7-8H,3-6H2,1-2H3. The summed E-state index contributed by atoms with van der Waals surface area (Å²) in [4.78, 5) is 14.2. The average Bonchev–Trinajstić information content (AvgIpc) is 2.60. The number of rotatable bonds is 1. The van der Waals surface area contributed by atoms with Crippen molar-refractivity contribution in [3.8, 4) is 0 Å². The Kier molecular flexibility index (Phi) is 3.33. The first-order chi connectivity index (χ1) is 7.61. The van der Waals surface area contributed by atoms with E-state index in [4.69, 9.17) is 0 Å². The Bertz CT molecular complexity index is 402. The highest BCUT2D eigenvalue weighted by molar-refractivity contribution is 9.10. The van der Waals surface area contributed by atoms with E-state index >= 15 is 0 Å². The molecule has 2 rings (SSSR count). The zero-order valence-electron chi connectivity index (χ0n) is 9.61. The summed E-state index contributed by atoms with van der Waals surface area (Å²) in [5.74, 6) is 0.0900. The summed E-state index contributed by atoms with van der Waals surface area (Å²) in [6.07, 6.45) is 5.06. The first-order valence-corrected chi connectivity index (χ1v) is 6.39. The summed E-state index contributed by atoms with van der Waals surface area (Å²) in [6.45, 7) is 2.97. The van der Waals surface area contributed by atoms with Gasteiger partial charge in [-0.3, -0.25) is 9.48 Å². The van der Waals surface area contributed by atoms with E-state index in [-0.39, 0.29) is 5.91 Å². The molecule has 0 aliphatic carbocycles. The summed E-state index contributed by atoms with van der Waals surface area (Å²) in [5, 5.41) is 4.08. The van der Waals surface area contributed by atoms with Crippen molar-refractivity contribution in [2.24, 2.45) is 7.05 Å². The highest BCUT2D eigenvalue weighted by atomic mass is 79.9. The van der Waals surface area contributed by atoms with Crippen LogP contribution < -0.4 is 0 Å². The topological polar surface area (TPSA) is 38.1 Å². The molecule has 1 aliphatic heterocycles. The first kappa shape index (κ1) is 11.6. The number of halogens is 1. The van der Waals surface area contributed by atoms with Gasteiger partial charge < -0.3 is 4.90 Å². The highest BCUT2D eigenvalue weighted by Gasteiger charge is 2.26. The Morgan fingerprint density at radius 2 is 2.31 bits per heavy atom. The van der Waals surface area contributed by atoms with E-state index in [1.807, 2.05) is 11.9 Å². The van der Waals surface area contributed by atoms with Crippen molar-refractivity contribution in [1.82, 2.24) is 14.7 Å². The zero-order valence-corrected chi connectivity index (χ0v) is 11.2. The molecule has 0 bridgehead atoms. The number of likely N-dealkylation sites (tertiary alicyclic amines) is 1. The fraction of sp³-hybridized carbons (Fsp3) is 0.636. The van der Waals surface area contributed by atoms with Gasteiger partial charge in [-0.1, -0.05) is 0 Å². The Balaban J connectivity index is 2.21. The summed E-state index contributed by atoms with van der Waals surface area (Å²) >= 11 is 3.39. The predicted octanol–water partition coefficient (Wildman–Crippen LogP) is 2.20. The Hall–Kier alpha value is -0.840. The number of piperidine rings is 1. The number of carbonyl (C=O) groups is 1. The number of hydrogen-bond donors (Lipinski definition) is 0. The van der Waals surface area contributed by atoms with Gasteiger partial charge in [-0.15, -0.1) is 0 Å². The van der Waals surface area contributed by atoms with Crippen LogP contribution in [0.5, 0.6) is 0 Å². The largest absolute Gasteiger partial charge is 0.336 e. The summed E-state index contributed by atoms with van der Waals surface area (Å²) in [6, 6.07) is 0.341. The van der Waals surface area contributed by atoms with Gasteiger partial charge in [0.2, 0.25) is 0 Å². The van der Waals surface area contributed by atoms with Crippen LogP contribution in [0.1, 0.15) is 36.5 Å². The maximum absolute atomic E-state index is 12.3. The Morgan fingerprint density at radius 3 is 2.88 bits per heavy atom. The van der Waals surface area contributed by atoms with Crippen molar-refractivity contribution in [1.29, 1.82) is 0 Å². The van der Waals surface area contributed by atoms with Crippen LogP contribution in [0.2, 0.25) is 0 Å². The monoisotopic (exact) mass is 285 g/mol. The van der Waals surface area contributed by atoms with Gasteiger partial charge in [-0.2, -0.15) is 5.10 Å². The van der Waals surface area contributed by atoms with Crippen LogP contribution in [0, 0.1) is 0 Å². The molecule has 0 aromatic carbocycles. The Labute approximate surface area is 104 Å². The average molecular weight is 286 g/mol. The molecular formula is C11H16BrN3O. The lowest BCUT2D eigenvalue weighted by molar-refractivity contribution is 0.0634. The van der Waals surface area contributed by atoms with E-state index in [9.17, 15) is 4.79 Å². The molecule has 1 aromatic rings. The lowest BCUT2D eigenvalue weighted by Gasteiger charge is -2.33. The number of hydrogen-bond acceptors (Lipinski definition) is 2. The molecule has 16 heavy (non-hydrogen) atoms. The van der Waals surface area contributed by atoms with E-state index in [1.54, 1.807) is 10.9 Å². The van der Waals surface area contributed by atoms with Gasteiger partial charge in [0.15, 0.2) is 0 Å². The normalized spacial score (nSPS) is 21.2. The van der Waals surface area contributed by atoms with Gasteiger partial charge in [0.05, 0.1) is 11.8 Å². The van der Waals surface area contributed by atoms with E-state index in [0.29, 0.717) is 11.6 Å². The molecule has 5 heteroatoms. The summed E-state index contributed by atoms with van der Waals surface area (Å²) in [5.41, 5.74) is 0.663. The van der Waals surface area contributed by atoms with Gasteiger partial charge in [0.25, 0.3) is 5.91 Å². The van der Waals surface area contributed by atoms with Gasteiger partial charge in [0.1, 0.15) is 4.60 Å². The number of aromatic nitrogens is 2. The van der Waals surface area contributed by atoms with Crippen molar-refractivity contribution < 1.29 is 4.79 Å². The lowest BCUT2D eigenvalue weighted by Crippen LogP contribution is -2.42. The quantitative estimate of drug-likeness (QED) is 0.793. The van der Waals surface area contributed by atoms with Gasteiger partial charge in [-0.05, 0) is 42.1 Å². The van der Waals surface area contributed by atoms with Crippen LogP contribution in [0.15, 0.2) is 10.8 Å². The summed E-state index contributed by atoms with van der Waals surface area (Å²) < 4.78 is 2.43. The van der Waals surface area contributed by atoms with Crippen molar-refractivity contribution >= 4 is 21.8 Å². The molecule has 1 atom stereocenters. The fourth-order valence-electron chi connectivity index (χ4n) is 2.12. The van der Waals surface area contributed by atoms with Crippen molar-refractivity contribution in [3.05, 3.63) is 16.4 Å². The van der Waals surface area contributed by atoms with E-state index in [0.717, 1.165) is 24.0 Å². The van der Waals surface area contributed by atoms with Crippen LogP contribution in [0.3, 0.4) is 0 Å². The molecule has 4 nitrogen and oxygen atoms in total. The highest BCUT2D eigenvalue weighted by Crippen LogP contribution is 2.22. The number of amides is 1. The maximum atomic E-state index is 12.3. The van der Waals surface area contributed by atoms with Gasteiger partial charge >= 0.3 is 0 Å². The van der Waals surface area contributed by atoms with Crippen molar-refractivity contribution in [3.63, 3.8) is 0 Å². The first-order valence-electron chi connectivity index (χ1n) is 5.59. The molecule has 1 unspecified atom stereocenters. The van der Waals surface area contributed by atoms with E-state index < -0.39 is 0 Å². The third-order valence-electron chi connectivity index (χ3n) is 3.16. The fourth-order valence-corrected chi connectivity index (χ4v) is 2.48. The van der Waals surface area contributed by atoms with E-state index in [2.05, 4.69) is 28.0 Å². The third kappa shape index (κ3) is 2.00. The van der Waals surface area contributed by atoms with Gasteiger partial charge in [-0.25, -0.2) is 0 Å². The second kappa shape index (κ2) is 4.57. The van der Waals surface area contributed by atoms with Gasteiger partial charge in [0, 0.05) is 19.6 Å². The molecule has 1 aromatic heterocycles. The minimum absolute atomic E-state index is 0.0900. The van der Waals surface area contributed by atoms with Crippen LogP contribution in [0.4, 0.5) is 0 Å². The van der Waals surface area contributed by atoms with Crippen LogP contribution in [0.25, 0.3) is 0 Å². The third-order valence-corrected chi connectivity index (χ3v) is 4.10. The van der Waals surface area contributed by atoms with Crippen molar-refractivity contribution in [2.75, 3.05) is 6.54 Å². The smallest absolute Gasteiger partial charge is 0.258 e. The minimum atomic E-state index is 0.0900. The van der Waals surface area contributed by atoms with Crippen LogP contribution in [-0.2, 0) is 7.05 Å². The molecule has 1 aliphatic rings. The molecule has 0 saturated carbocycles. The molecular weight excluding hydrogens is 270 g/mol. The molecule has 2 heterocycles. The molecule has 1 fully saturated rings. The number of aryl methyl sites for hydroxylation is 1. The maximum Gasteiger partial charge on any atom is 0.258 e. The number of nitrogens with zero attached hydrogens (tertiary/aromatic N) is 3. The lowest BCUT2D eigenvalue weighted by atomic mass is 10.0. The molecule has 0 radical (unpaired) electrons. The second-order valence-corrected chi connectivity index (χ2v) is 5.07. The molecule has 88 valence electrons. The van der Waals surface area contributed by atoms with Crippen LogP contribution >= 0.6 is 15.9 Å². The van der Waals surface area contributed by atoms with Crippen LogP contribution in [-0.4, -0.2) is 33.2 Å². The Morgan fingerprint density at radius 1 is 1.56 bits per heavy atom. The number of carbonyl (C=O) groups excluding carboxylic acids is 1. The molecule has 1 amide bonds.